The summed E-state index contributed by atoms with van der Waals surface area (Å²) in [6.07, 6.45) is 1.63. The minimum absolute atomic E-state index is 0.516. The van der Waals surface area contributed by atoms with Gasteiger partial charge in [0.1, 0.15) is 11.5 Å². The average Bonchev–Trinajstić information content (AvgIpc) is 2.34. The lowest BCUT2D eigenvalue weighted by molar-refractivity contribution is 0.392. The summed E-state index contributed by atoms with van der Waals surface area (Å²) in [5.41, 5.74) is 7.56. The van der Waals surface area contributed by atoms with Crippen molar-refractivity contribution in [1.29, 1.82) is 0 Å². The first-order valence-electron chi connectivity index (χ1n) is 5.23. The Balaban J connectivity index is 2.22. The summed E-state index contributed by atoms with van der Waals surface area (Å²) < 4.78 is 10.7. The molecule has 0 saturated heterocycles. The number of benzene rings is 1. The second kappa shape index (κ2) is 4.74. The van der Waals surface area contributed by atoms with E-state index in [-0.39, 0.29) is 0 Å². The zero-order valence-electron chi connectivity index (χ0n) is 9.81. The Bertz CT molecular complexity index is 527. The maximum Gasteiger partial charge on any atom is 0.216 e. The van der Waals surface area contributed by atoms with Gasteiger partial charge < -0.3 is 15.2 Å². The fourth-order valence-electron chi connectivity index (χ4n) is 1.38. The van der Waals surface area contributed by atoms with Crippen LogP contribution in [-0.2, 0) is 0 Å². The van der Waals surface area contributed by atoms with E-state index in [4.69, 9.17) is 15.2 Å². The normalized spacial score (nSPS) is 10.0. The fourth-order valence-corrected chi connectivity index (χ4v) is 1.38. The number of nitrogen functional groups attached to an aromatic ring is 1. The second-order valence-corrected chi connectivity index (χ2v) is 3.65. The average molecular weight is 230 g/mol. The molecule has 88 valence electrons. The molecule has 0 atom stereocenters. The van der Waals surface area contributed by atoms with Crippen molar-refractivity contribution in [3.63, 3.8) is 0 Å². The Morgan fingerprint density at radius 1 is 1.12 bits per heavy atom. The number of pyridine rings is 1. The van der Waals surface area contributed by atoms with Crippen LogP contribution >= 0.6 is 0 Å². The Kier molecular flexibility index (Phi) is 3.14. The third kappa shape index (κ3) is 2.66. The lowest BCUT2D eigenvalue weighted by atomic mass is 10.2. The molecular weight excluding hydrogens is 216 g/mol. The smallest absolute Gasteiger partial charge is 0.216 e. The third-order valence-corrected chi connectivity index (χ3v) is 2.40. The van der Waals surface area contributed by atoms with Crippen LogP contribution in [0.3, 0.4) is 0 Å². The van der Waals surface area contributed by atoms with Gasteiger partial charge in [0.2, 0.25) is 5.88 Å². The van der Waals surface area contributed by atoms with Gasteiger partial charge in [0.25, 0.3) is 0 Å². The lowest BCUT2D eigenvalue weighted by Crippen LogP contribution is -1.92. The Morgan fingerprint density at radius 2 is 1.88 bits per heavy atom. The van der Waals surface area contributed by atoms with Crippen LogP contribution in [0.2, 0.25) is 0 Å². The van der Waals surface area contributed by atoms with Crippen molar-refractivity contribution in [3.05, 3.63) is 42.1 Å². The maximum atomic E-state index is 5.81. The molecule has 1 aromatic carbocycles. The van der Waals surface area contributed by atoms with Crippen LogP contribution in [0.5, 0.6) is 17.4 Å². The molecule has 4 heteroatoms. The van der Waals surface area contributed by atoms with E-state index < -0.39 is 0 Å². The standard InChI is InChI=1S/C13H14N2O2/c1-9-3-4-10(7-12(9)14)17-11-5-6-15-13(8-11)16-2/h3-8H,14H2,1-2H3. The molecule has 0 aliphatic rings. The van der Waals surface area contributed by atoms with E-state index in [9.17, 15) is 0 Å². The molecule has 0 unspecified atom stereocenters. The molecule has 0 aliphatic heterocycles. The monoisotopic (exact) mass is 230 g/mol. The molecular formula is C13H14N2O2. The predicted octanol–water partition coefficient (Wildman–Crippen LogP) is 2.77. The molecule has 0 spiro atoms. The second-order valence-electron chi connectivity index (χ2n) is 3.65. The van der Waals surface area contributed by atoms with Gasteiger partial charge >= 0.3 is 0 Å². The largest absolute Gasteiger partial charge is 0.481 e. The van der Waals surface area contributed by atoms with Gasteiger partial charge in [0, 0.05) is 24.0 Å². The number of hydrogen-bond acceptors (Lipinski definition) is 4. The Hall–Kier alpha value is -2.23. The number of anilines is 1. The van der Waals surface area contributed by atoms with E-state index in [2.05, 4.69) is 4.98 Å². The number of rotatable bonds is 3. The fraction of sp³-hybridized carbons (Fsp3) is 0.154. The third-order valence-electron chi connectivity index (χ3n) is 2.40. The molecule has 1 aromatic heterocycles. The SMILES string of the molecule is COc1cc(Oc2ccc(C)c(N)c2)ccn1. The van der Waals surface area contributed by atoms with E-state index >= 15 is 0 Å². The summed E-state index contributed by atoms with van der Waals surface area (Å²) >= 11 is 0. The Morgan fingerprint density at radius 3 is 2.59 bits per heavy atom. The van der Waals surface area contributed by atoms with Gasteiger partial charge in [-0.05, 0) is 24.6 Å². The minimum Gasteiger partial charge on any atom is -0.481 e. The summed E-state index contributed by atoms with van der Waals surface area (Å²) in [6, 6.07) is 9.07. The van der Waals surface area contributed by atoms with E-state index in [0.29, 0.717) is 23.1 Å². The molecule has 0 saturated carbocycles. The number of aromatic nitrogens is 1. The van der Waals surface area contributed by atoms with Crippen LogP contribution in [0.25, 0.3) is 0 Å². The van der Waals surface area contributed by atoms with Gasteiger partial charge in [0.15, 0.2) is 0 Å². The molecule has 0 radical (unpaired) electrons. The van der Waals surface area contributed by atoms with Crippen molar-refractivity contribution in [2.24, 2.45) is 0 Å². The summed E-state index contributed by atoms with van der Waals surface area (Å²) in [4.78, 5) is 4.00. The highest BCUT2D eigenvalue weighted by molar-refractivity contribution is 5.51. The van der Waals surface area contributed by atoms with Crippen LogP contribution in [-0.4, -0.2) is 12.1 Å². The van der Waals surface area contributed by atoms with Crippen LogP contribution < -0.4 is 15.2 Å². The molecule has 2 rings (SSSR count). The number of nitrogens with zero attached hydrogens (tertiary/aromatic N) is 1. The lowest BCUT2D eigenvalue weighted by Gasteiger charge is -2.08. The number of nitrogens with two attached hydrogens (primary N) is 1. The van der Waals surface area contributed by atoms with Crippen molar-refractivity contribution in [3.8, 4) is 17.4 Å². The molecule has 2 N–H and O–H groups in total. The molecule has 2 aromatic rings. The number of aryl methyl sites for hydroxylation is 1. The van der Waals surface area contributed by atoms with E-state index in [1.807, 2.05) is 19.1 Å². The number of methoxy groups -OCH3 is 1. The van der Waals surface area contributed by atoms with E-state index in [1.165, 1.54) is 0 Å². The van der Waals surface area contributed by atoms with Crippen molar-refractivity contribution >= 4 is 5.69 Å². The van der Waals surface area contributed by atoms with Gasteiger partial charge in [-0.2, -0.15) is 0 Å². The van der Waals surface area contributed by atoms with Crippen molar-refractivity contribution in [2.45, 2.75) is 6.92 Å². The van der Waals surface area contributed by atoms with Crippen LogP contribution in [0.4, 0.5) is 5.69 Å². The van der Waals surface area contributed by atoms with Gasteiger partial charge in [-0.3, -0.25) is 0 Å². The molecule has 0 bridgehead atoms. The topological polar surface area (TPSA) is 57.4 Å². The molecule has 1 heterocycles. The summed E-state index contributed by atoms with van der Waals surface area (Å²) in [5.74, 6) is 1.88. The van der Waals surface area contributed by atoms with Gasteiger partial charge in [0.05, 0.1) is 7.11 Å². The summed E-state index contributed by atoms with van der Waals surface area (Å²) in [7, 11) is 1.57. The highest BCUT2D eigenvalue weighted by Gasteiger charge is 2.01. The molecule has 17 heavy (non-hydrogen) atoms. The van der Waals surface area contributed by atoms with Crippen LogP contribution in [0, 0.1) is 6.92 Å². The minimum atomic E-state index is 0.516. The molecule has 0 amide bonds. The van der Waals surface area contributed by atoms with E-state index in [1.54, 1.807) is 31.5 Å². The number of ether oxygens (including phenoxy) is 2. The molecule has 4 nitrogen and oxygen atoms in total. The van der Waals surface area contributed by atoms with Crippen molar-refractivity contribution in [1.82, 2.24) is 4.98 Å². The van der Waals surface area contributed by atoms with Crippen molar-refractivity contribution in [2.75, 3.05) is 12.8 Å². The highest BCUT2D eigenvalue weighted by atomic mass is 16.5. The quantitative estimate of drug-likeness (QED) is 0.824. The highest BCUT2D eigenvalue weighted by Crippen LogP contribution is 2.26. The zero-order valence-corrected chi connectivity index (χ0v) is 9.81. The summed E-state index contributed by atoms with van der Waals surface area (Å²) in [6.45, 7) is 1.95. The Labute approximate surface area is 100 Å². The predicted molar refractivity (Wildman–Crippen MR) is 66.5 cm³/mol. The van der Waals surface area contributed by atoms with Gasteiger partial charge in [-0.25, -0.2) is 4.98 Å². The molecule has 0 fully saturated rings. The first-order chi connectivity index (χ1) is 8.19. The first kappa shape index (κ1) is 11.3. The molecule has 0 aliphatic carbocycles. The van der Waals surface area contributed by atoms with E-state index in [0.717, 1.165) is 5.56 Å². The van der Waals surface area contributed by atoms with Crippen LogP contribution in [0.15, 0.2) is 36.5 Å². The first-order valence-corrected chi connectivity index (χ1v) is 5.23. The maximum absolute atomic E-state index is 5.81. The number of hydrogen-bond donors (Lipinski definition) is 1. The van der Waals surface area contributed by atoms with Crippen LogP contribution in [0.1, 0.15) is 5.56 Å². The van der Waals surface area contributed by atoms with Gasteiger partial charge in [-0.15, -0.1) is 0 Å². The van der Waals surface area contributed by atoms with Crippen molar-refractivity contribution < 1.29 is 9.47 Å². The van der Waals surface area contributed by atoms with Gasteiger partial charge in [-0.1, -0.05) is 6.07 Å². The summed E-state index contributed by atoms with van der Waals surface area (Å²) in [5, 5.41) is 0. The zero-order chi connectivity index (χ0) is 12.3.